The van der Waals surface area contributed by atoms with Crippen LogP contribution in [-0.2, 0) is 9.16 Å². The molecule has 7 heteroatoms. The predicted octanol–water partition coefficient (Wildman–Crippen LogP) is 5.47. The third-order valence-electron chi connectivity index (χ3n) is 3.69. The van der Waals surface area contributed by atoms with Gasteiger partial charge in [-0.3, -0.25) is 0 Å². The molecule has 0 aliphatic rings. The van der Waals surface area contributed by atoms with Crippen LogP contribution in [0.3, 0.4) is 0 Å². The number of azo groups is 1. The van der Waals surface area contributed by atoms with E-state index in [1.54, 1.807) is 0 Å². The number of unbranched alkanes of at least 4 members (excludes halogenated alkanes) is 1. The molecule has 0 bridgehead atoms. The summed E-state index contributed by atoms with van der Waals surface area (Å²) in [6.07, 6.45) is 4.61. The molecular formula is C16H32N2O4Si. The number of hydrogen-bond acceptors (Lipinski definition) is 4. The zero-order chi connectivity index (χ0) is 17.5. The number of nitrogens with zero attached hydrogens (tertiary/aromatic N) is 2. The molecule has 0 aromatic rings. The summed E-state index contributed by atoms with van der Waals surface area (Å²) in [4.78, 5) is 23.1. The van der Waals surface area contributed by atoms with Crippen LogP contribution in [-0.4, -0.2) is 27.8 Å². The lowest BCUT2D eigenvalue weighted by atomic mass is 10.0. The molecule has 0 N–H and O–H groups in total. The van der Waals surface area contributed by atoms with E-state index in [9.17, 15) is 9.59 Å². The molecule has 0 saturated heterocycles. The Hall–Kier alpha value is -1.24. The normalized spacial score (nSPS) is 12.6. The first-order valence-electron chi connectivity index (χ1n) is 8.86. The van der Waals surface area contributed by atoms with Gasteiger partial charge in [-0.25, -0.2) is 9.59 Å². The maximum atomic E-state index is 11.6. The van der Waals surface area contributed by atoms with Crippen LogP contribution < -0.4 is 0 Å². The molecule has 0 fully saturated rings. The summed E-state index contributed by atoms with van der Waals surface area (Å²) >= 11 is 0. The standard InChI is InChI=1S/C16H32N2O4Si/c1-5-9-10-14(8-4)13-21-15(19)17-18-16(20)22-23(11-6-2)12-7-3/h14,23H,5-13H2,1-4H3. The molecule has 1 atom stereocenters. The predicted molar refractivity (Wildman–Crippen MR) is 93.3 cm³/mol. The number of carbonyl (C=O) groups is 2. The van der Waals surface area contributed by atoms with Crippen molar-refractivity contribution < 1.29 is 18.8 Å². The van der Waals surface area contributed by atoms with Gasteiger partial charge in [0.25, 0.3) is 0 Å². The number of ether oxygens (including phenoxy) is 1. The highest BCUT2D eigenvalue weighted by atomic mass is 28.3. The summed E-state index contributed by atoms with van der Waals surface area (Å²) in [6.45, 7) is 8.65. The van der Waals surface area contributed by atoms with Crippen LogP contribution in [0.5, 0.6) is 0 Å². The number of amides is 2. The second-order valence-electron chi connectivity index (χ2n) is 5.78. The van der Waals surface area contributed by atoms with Crippen LogP contribution in [0, 0.1) is 5.92 Å². The fraction of sp³-hybridized carbons (Fsp3) is 0.875. The highest BCUT2D eigenvalue weighted by molar-refractivity contribution is 6.53. The fourth-order valence-electron chi connectivity index (χ4n) is 2.27. The first-order chi connectivity index (χ1) is 11.1. The molecule has 0 radical (unpaired) electrons. The highest BCUT2D eigenvalue weighted by Crippen LogP contribution is 2.13. The molecule has 0 aliphatic heterocycles. The molecule has 0 aromatic carbocycles. The van der Waals surface area contributed by atoms with Crippen LogP contribution in [0.1, 0.15) is 66.2 Å². The van der Waals surface area contributed by atoms with Gasteiger partial charge < -0.3 is 9.16 Å². The Kier molecular flexibility index (Phi) is 13.6. The zero-order valence-electron chi connectivity index (χ0n) is 15.0. The third kappa shape index (κ3) is 11.9. The first-order valence-corrected chi connectivity index (χ1v) is 11.0. The summed E-state index contributed by atoms with van der Waals surface area (Å²) in [6, 6.07) is 1.85. The molecule has 23 heavy (non-hydrogen) atoms. The van der Waals surface area contributed by atoms with Crippen LogP contribution in [0.15, 0.2) is 10.2 Å². The van der Waals surface area contributed by atoms with Gasteiger partial charge in [-0.05, 0) is 24.4 Å². The van der Waals surface area contributed by atoms with E-state index in [2.05, 4.69) is 37.9 Å². The zero-order valence-corrected chi connectivity index (χ0v) is 16.2. The smallest absolute Gasteiger partial charge is 0.452 e. The molecule has 134 valence electrons. The molecule has 0 rings (SSSR count). The fourth-order valence-corrected chi connectivity index (χ4v) is 4.41. The van der Waals surface area contributed by atoms with Gasteiger partial charge in [0.1, 0.15) is 0 Å². The minimum absolute atomic E-state index is 0.326. The van der Waals surface area contributed by atoms with Gasteiger partial charge in [0.2, 0.25) is 9.04 Å². The molecule has 1 unspecified atom stereocenters. The van der Waals surface area contributed by atoms with Crippen molar-refractivity contribution in [1.29, 1.82) is 0 Å². The minimum Gasteiger partial charge on any atom is -0.504 e. The lowest BCUT2D eigenvalue weighted by Crippen LogP contribution is -2.20. The van der Waals surface area contributed by atoms with Crippen molar-refractivity contribution in [2.45, 2.75) is 78.3 Å². The quantitative estimate of drug-likeness (QED) is 0.367. The van der Waals surface area contributed by atoms with Crippen molar-refractivity contribution in [2.75, 3.05) is 6.61 Å². The Labute approximate surface area is 141 Å². The van der Waals surface area contributed by atoms with Gasteiger partial charge in [-0.1, -0.05) is 70.0 Å². The van der Waals surface area contributed by atoms with E-state index in [4.69, 9.17) is 9.16 Å². The van der Waals surface area contributed by atoms with Crippen molar-refractivity contribution in [3.8, 4) is 0 Å². The molecule has 6 nitrogen and oxygen atoms in total. The number of carbonyl (C=O) groups excluding carboxylic acids is 2. The Bertz CT molecular complexity index is 358. The summed E-state index contributed by atoms with van der Waals surface area (Å²) < 4.78 is 10.4. The average molecular weight is 345 g/mol. The molecule has 0 saturated carbocycles. The molecule has 0 aliphatic carbocycles. The van der Waals surface area contributed by atoms with Crippen molar-refractivity contribution in [2.24, 2.45) is 16.1 Å². The molecular weight excluding hydrogens is 312 g/mol. The third-order valence-corrected chi connectivity index (χ3v) is 6.67. The molecule has 0 aromatic heterocycles. The largest absolute Gasteiger partial charge is 0.504 e. The van der Waals surface area contributed by atoms with Crippen LogP contribution in [0.25, 0.3) is 0 Å². The van der Waals surface area contributed by atoms with Crippen LogP contribution in [0.2, 0.25) is 12.1 Å². The number of hydrogen-bond donors (Lipinski definition) is 0. The Morgan fingerprint density at radius 3 is 2.09 bits per heavy atom. The lowest BCUT2D eigenvalue weighted by molar-refractivity contribution is 0.130. The Balaban J connectivity index is 4.16. The van der Waals surface area contributed by atoms with E-state index >= 15 is 0 Å². The Morgan fingerprint density at radius 2 is 1.57 bits per heavy atom. The molecule has 0 heterocycles. The van der Waals surface area contributed by atoms with E-state index in [-0.39, 0.29) is 0 Å². The topological polar surface area (TPSA) is 77.3 Å². The maximum absolute atomic E-state index is 11.6. The Morgan fingerprint density at radius 1 is 0.957 bits per heavy atom. The van der Waals surface area contributed by atoms with E-state index in [1.165, 1.54) is 0 Å². The van der Waals surface area contributed by atoms with E-state index < -0.39 is 21.2 Å². The number of rotatable bonds is 11. The van der Waals surface area contributed by atoms with E-state index in [0.29, 0.717) is 12.5 Å². The summed E-state index contributed by atoms with van der Waals surface area (Å²) in [5, 5.41) is 6.61. The van der Waals surface area contributed by atoms with Gasteiger partial charge >= 0.3 is 12.2 Å². The van der Waals surface area contributed by atoms with Crippen molar-refractivity contribution >= 4 is 21.2 Å². The summed E-state index contributed by atoms with van der Waals surface area (Å²) in [5.41, 5.74) is 0. The SMILES string of the molecule is CCCCC(CC)COC(=O)N=NC(=O)O[SiH](CCC)CCC. The second-order valence-corrected chi connectivity index (χ2v) is 8.41. The molecule has 0 spiro atoms. The van der Waals surface area contributed by atoms with Crippen molar-refractivity contribution in [3.05, 3.63) is 0 Å². The van der Waals surface area contributed by atoms with Gasteiger partial charge in [0, 0.05) is 0 Å². The summed E-state index contributed by atoms with van der Waals surface area (Å²) in [7, 11) is -1.56. The van der Waals surface area contributed by atoms with Gasteiger partial charge in [0.15, 0.2) is 0 Å². The van der Waals surface area contributed by atoms with Gasteiger partial charge in [-0.2, -0.15) is 0 Å². The maximum Gasteiger partial charge on any atom is 0.452 e. The minimum atomic E-state index is -1.56. The first kappa shape index (κ1) is 21.8. The van der Waals surface area contributed by atoms with E-state index in [1.807, 2.05) is 0 Å². The molecule has 2 amide bonds. The summed E-state index contributed by atoms with van der Waals surface area (Å²) in [5.74, 6) is 0.340. The van der Waals surface area contributed by atoms with Crippen LogP contribution in [0.4, 0.5) is 9.59 Å². The van der Waals surface area contributed by atoms with E-state index in [0.717, 1.165) is 50.6 Å². The van der Waals surface area contributed by atoms with Crippen LogP contribution >= 0.6 is 0 Å². The highest BCUT2D eigenvalue weighted by Gasteiger charge is 2.15. The lowest BCUT2D eigenvalue weighted by Gasteiger charge is -2.13. The monoisotopic (exact) mass is 344 g/mol. The van der Waals surface area contributed by atoms with Gasteiger partial charge in [-0.15, -0.1) is 0 Å². The van der Waals surface area contributed by atoms with Crippen molar-refractivity contribution in [1.82, 2.24) is 0 Å². The van der Waals surface area contributed by atoms with Crippen molar-refractivity contribution in [3.63, 3.8) is 0 Å². The van der Waals surface area contributed by atoms with Gasteiger partial charge in [0.05, 0.1) is 6.61 Å². The second kappa shape index (κ2) is 14.4. The average Bonchev–Trinajstić information content (AvgIpc) is 2.53.